The van der Waals surface area contributed by atoms with Crippen molar-refractivity contribution in [2.75, 3.05) is 18.0 Å². The number of aromatic nitrogens is 2. The second kappa shape index (κ2) is 8.86. The van der Waals surface area contributed by atoms with Crippen LogP contribution in [0.2, 0.25) is 0 Å². The number of carbonyl (C=O) groups is 1. The van der Waals surface area contributed by atoms with E-state index in [0.29, 0.717) is 19.0 Å². The highest BCUT2D eigenvalue weighted by molar-refractivity contribution is 5.79. The Labute approximate surface area is 171 Å². The number of hydrogen-bond acceptors (Lipinski definition) is 4. The Hall–Kier alpha value is -3.21. The summed E-state index contributed by atoms with van der Waals surface area (Å²) in [6.07, 6.45) is 5.59. The van der Waals surface area contributed by atoms with Crippen LogP contribution in [0.4, 0.5) is 5.95 Å². The van der Waals surface area contributed by atoms with Gasteiger partial charge in [0.1, 0.15) is 0 Å². The van der Waals surface area contributed by atoms with E-state index in [9.17, 15) is 4.79 Å². The topological polar surface area (TPSA) is 58.1 Å². The molecule has 1 fully saturated rings. The highest BCUT2D eigenvalue weighted by atomic mass is 16.1. The monoisotopic (exact) mass is 386 g/mol. The standard InChI is InChI=1S/C24H26N4O/c1-18-8-5-6-11-20(18)14-25-23(29)21-12-7-13-28(17-21)24-26-15-22(16-27-24)19-9-3-2-4-10-19/h2-6,8-11,15-16,21H,7,12-14,17H2,1H3,(H,25,29). The molecule has 1 atom stereocenters. The molecule has 2 aromatic carbocycles. The van der Waals surface area contributed by atoms with Crippen LogP contribution in [0, 0.1) is 12.8 Å². The van der Waals surface area contributed by atoms with Crippen molar-refractivity contribution < 1.29 is 4.79 Å². The summed E-state index contributed by atoms with van der Waals surface area (Å²) in [5.74, 6) is 0.769. The first-order valence-electron chi connectivity index (χ1n) is 10.2. The van der Waals surface area contributed by atoms with E-state index in [-0.39, 0.29) is 11.8 Å². The van der Waals surface area contributed by atoms with Gasteiger partial charge in [0.05, 0.1) is 5.92 Å². The first kappa shape index (κ1) is 19.1. The number of rotatable bonds is 5. The van der Waals surface area contributed by atoms with Crippen LogP contribution in [-0.4, -0.2) is 29.0 Å². The summed E-state index contributed by atoms with van der Waals surface area (Å²) >= 11 is 0. The number of benzene rings is 2. The fraction of sp³-hybridized carbons (Fsp3) is 0.292. The Morgan fingerprint density at radius 1 is 1.03 bits per heavy atom. The molecule has 5 heteroatoms. The average Bonchev–Trinajstić information content (AvgIpc) is 2.79. The van der Waals surface area contributed by atoms with Gasteiger partial charge in [-0.05, 0) is 36.5 Å². The lowest BCUT2D eigenvalue weighted by Gasteiger charge is -2.32. The van der Waals surface area contributed by atoms with Crippen LogP contribution in [0.5, 0.6) is 0 Å². The number of carbonyl (C=O) groups excluding carboxylic acids is 1. The molecule has 1 aromatic heterocycles. The molecule has 0 radical (unpaired) electrons. The van der Waals surface area contributed by atoms with E-state index in [4.69, 9.17) is 0 Å². The van der Waals surface area contributed by atoms with Crippen molar-refractivity contribution in [3.05, 3.63) is 78.1 Å². The lowest BCUT2D eigenvalue weighted by molar-refractivity contribution is -0.125. The Balaban J connectivity index is 1.38. The predicted molar refractivity (Wildman–Crippen MR) is 115 cm³/mol. The number of amides is 1. The maximum absolute atomic E-state index is 12.7. The number of nitrogens with zero attached hydrogens (tertiary/aromatic N) is 3. The summed E-state index contributed by atoms with van der Waals surface area (Å²) in [6.45, 7) is 4.18. The summed E-state index contributed by atoms with van der Waals surface area (Å²) in [6, 6.07) is 18.3. The highest BCUT2D eigenvalue weighted by Gasteiger charge is 2.27. The summed E-state index contributed by atoms with van der Waals surface area (Å²) in [5, 5.41) is 3.11. The molecular weight excluding hydrogens is 360 g/mol. The van der Waals surface area contributed by atoms with Gasteiger partial charge in [-0.3, -0.25) is 4.79 Å². The number of piperidine rings is 1. The molecule has 4 rings (SSSR count). The van der Waals surface area contributed by atoms with Gasteiger partial charge in [0.25, 0.3) is 0 Å². The molecule has 0 saturated carbocycles. The molecule has 1 aliphatic heterocycles. The maximum atomic E-state index is 12.7. The molecule has 29 heavy (non-hydrogen) atoms. The van der Waals surface area contributed by atoms with Crippen LogP contribution in [0.15, 0.2) is 67.0 Å². The van der Waals surface area contributed by atoms with Gasteiger partial charge in [-0.15, -0.1) is 0 Å². The van der Waals surface area contributed by atoms with Crippen LogP contribution in [0.1, 0.15) is 24.0 Å². The smallest absolute Gasteiger partial charge is 0.225 e. The van der Waals surface area contributed by atoms with E-state index in [1.807, 2.05) is 54.9 Å². The Bertz CT molecular complexity index is 956. The SMILES string of the molecule is Cc1ccccc1CNC(=O)C1CCCN(c2ncc(-c3ccccc3)cn2)C1. The fourth-order valence-corrected chi connectivity index (χ4v) is 3.77. The van der Waals surface area contributed by atoms with Crippen LogP contribution >= 0.6 is 0 Å². The molecule has 1 N–H and O–H groups in total. The lowest BCUT2D eigenvalue weighted by atomic mass is 9.97. The third kappa shape index (κ3) is 4.62. The third-order valence-electron chi connectivity index (χ3n) is 5.53. The van der Waals surface area contributed by atoms with E-state index in [1.54, 1.807) is 0 Å². The number of hydrogen-bond donors (Lipinski definition) is 1. The van der Waals surface area contributed by atoms with E-state index < -0.39 is 0 Å². The zero-order chi connectivity index (χ0) is 20.1. The predicted octanol–water partition coefficient (Wildman–Crippen LogP) is 3.98. The molecule has 1 saturated heterocycles. The first-order chi connectivity index (χ1) is 14.2. The average molecular weight is 386 g/mol. The van der Waals surface area contributed by atoms with Crippen molar-refractivity contribution in [1.82, 2.24) is 15.3 Å². The third-order valence-corrected chi connectivity index (χ3v) is 5.53. The van der Waals surface area contributed by atoms with Crippen molar-refractivity contribution in [1.29, 1.82) is 0 Å². The van der Waals surface area contributed by atoms with Crippen LogP contribution < -0.4 is 10.2 Å². The summed E-state index contributed by atoms with van der Waals surface area (Å²) in [5.41, 5.74) is 4.46. The van der Waals surface area contributed by atoms with Crippen molar-refractivity contribution in [3.8, 4) is 11.1 Å². The van der Waals surface area contributed by atoms with E-state index >= 15 is 0 Å². The summed E-state index contributed by atoms with van der Waals surface area (Å²) in [4.78, 5) is 24.0. The number of nitrogens with one attached hydrogen (secondary N) is 1. The largest absolute Gasteiger partial charge is 0.352 e. The van der Waals surface area contributed by atoms with Crippen molar-refractivity contribution in [2.45, 2.75) is 26.3 Å². The minimum Gasteiger partial charge on any atom is -0.352 e. The van der Waals surface area contributed by atoms with E-state index in [0.717, 1.165) is 36.1 Å². The second-order valence-corrected chi connectivity index (χ2v) is 7.57. The van der Waals surface area contributed by atoms with Crippen LogP contribution in [-0.2, 0) is 11.3 Å². The van der Waals surface area contributed by atoms with Gasteiger partial charge < -0.3 is 10.2 Å². The fourth-order valence-electron chi connectivity index (χ4n) is 3.77. The molecule has 5 nitrogen and oxygen atoms in total. The van der Waals surface area contributed by atoms with Crippen molar-refractivity contribution in [2.24, 2.45) is 5.92 Å². The maximum Gasteiger partial charge on any atom is 0.225 e. The minimum atomic E-state index is -0.0369. The molecule has 1 aliphatic rings. The molecule has 148 valence electrons. The Kier molecular flexibility index (Phi) is 5.84. The minimum absolute atomic E-state index is 0.0369. The molecule has 0 spiro atoms. The van der Waals surface area contributed by atoms with Crippen molar-refractivity contribution >= 4 is 11.9 Å². The lowest BCUT2D eigenvalue weighted by Crippen LogP contribution is -2.43. The Morgan fingerprint density at radius 3 is 2.52 bits per heavy atom. The van der Waals surface area contributed by atoms with Gasteiger partial charge in [-0.1, -0.05) is 54.6 Å². The highest BCUT2D eigenvalue weighted by Crippen LogP contribution is 2.23. The molecule has 0 bridgehead atoms. The summed E-state index contributed by atoms with van der Waals surface area (Å²) in [7, 11) is 0. The van der Waals surface area contributed by atoms with Gasteiger partial charge in [-0.25, -0.2) is 9.97 Å². The van der Waals surface area contributed by atoms with Crippen LogP contribution in [0.25, 0.3) is 11.1 Å². The number of anilines is 1. The van der Waals surface area contributed by atoms with Crippen LogP contribution in [0.3, 0.4) is 0 Å². The zero-order valence-electron chi connectivity index (χ0n) is 16.7. The van der Waals surface area contributed by atoms with Gasteiger partial charge in [0.15, 0.2) is 0 Å². The molecule has 0 aliphatic carbocycles. The normalized spacial score (nSPS) is 16.4. The van der Waals surface area contributed by atoms with Gasteiger partial charge >= 0.3 is 0 Å². The molecule has 2 heterocycles. The molecule has 1 unspecified atom stereocenters. The second-order valence-electron chi connectivity index (χ2n) is 7.57. The Morgan fingerprint density at radius 2 is 1.76 bits per heavy atom. The van der Waals surface area contributed by atoms with Gasteiger partial charge in [0.2, 0.25) is 11.9 Å². The van der Waals surface area contributed by atoms with E-state index in [1.165, 1.54) is 5.56 Å². The molecule has 1 amide bonds. The van der Waals surface area contributed by atoms with Gasteiger partial charge in [-0.2, -0.15) is 0 Å². The molecule has 3 aromatic rings. The van der Waals surface area contributed by atoms with E-state index in [2.05, 4.69) is 39.2 Å². The summed E-state index contributed by atoms with van der Waals surface area (Å²) < 4.78 is 0. The molecular formula is C24H26N4O. The number of aryl methyl sites for hydroxylation is 1. The quantitative estimate of drug-likeness (QED) is 0.720. The van der Waals surface area contributed by atoms with Gasteiger partial charge in [0, 0.05) is 37.6 Å². The van der Waals surface area contributed by atoms with Crippen molar-refractivity contribution in [3.63, 3.8) is 0 Å². The zero-order valence-corrected chi connectivity index (χ0v) is 16.7. The first-order valence-corrected chi connectivity index (χ1v) is 10.2.